The summed E-state index contributed by atoms with van der Waals surface area (Å²) >= 11 is 0. The SMILES string of the molecule is O=C(NCCc1ccccc1)C1CC(c2ccccc2)CN(C(=O)c2ccccc2F)C1. The predicted molar refractivity (Wildman–Crippen MR) is 123 cm³/mol. The fraction of sp³-hybridized carbons (Fsp3) is 0.259. The van der Waals surface area contributed by atoms with Crippen molar-refractivity contribution in [3.05, 3.63) is 107 Å². The zero-order valence-corrected chi connectivity index (χ0v) is 17.9. The van der Waals surface area contributed by atoms with Crippen LogP contribution in [0.15, 0.2) is 84.9 Å². The summed E-state index contributed by atoms with van der Waals surface area (Å²) in [6.07, 6.45) is 1.40. The number of benzene rings is 3. The Hall–Kier alpha value is -3.47. The lowest BCUT2D eigenvalue weighted by Gasteiger charge is -2.37. The number of piperidine rings is 1. The van der Waals surface area contributed by atoms with E-state index in [2.05, 4.69) is 5.32 Å². The second-order valence-corrected chi connectivity index (χ2v) is 8.26. The van der Waals surface area contributed by atoms with Gasteiger partial charge in [0.05, 0.1) is 11.5 Å². The first kappa shape index (κ1) is 21.8. The van der Waals surface area contributed by atoms with Crippen LogP contribution in [0.25, 0.3) is 0 Å². The summed E-state index contributed by atoms with van der Waals surface area (Å²) in [5.41, 5.74) is 2.29. The highest BCUT2D eigenvalue weighted by Crippen LogP contribution is 2.31. The molecule has 1 saturated heterocycles. The van der Waals surface area contributed by atoms with Crippen LogP contribution in [0.2, 0.25) is 0 Å². The Labute approximate surface area is 188 Å². The molecule has 2 amide bonds. The first-order chi connectivity index (χ1) is 15.6. The lowest BCUT2D eigenvalue weighted by Crippen LogP contribution is -2.48. The topological polar surface area (TPSA) is 49.4 Å². The van der Waals surface area contributed by atoms with E-state index in [1.54, 1.807) is 17.0 Å². The Morgan fingerprint density at radius 1 is 0.875 bits per heavy atom. The molecule has 0 radical (unpaired) electrons. The normalized spacial score (nSPS) is 18.2. The second kappa shape index (κ2) is 10.2. The highest BCUT2D eigenvalue weighted by Gasteiger charge is 2.35. The average molecular weight is 431 g/mol. The van der Waals surface area contributed by atoms with Gasteiger partial charge in [-0.2, -0.15) is 0 Å². The molecule has 5 heteroatoms. The number of likely N-dealkylation sites (tertiary alicyclic amines) is 1. The quantitative estimate of drug-likeness (QED) is 0.629. The van der Waals surface area contributed by atoms with Crippen LogP contribution >= 0.6 is 0 Å². The molecule has 2 atom stereocenters. The molecule has 1 heterocycles. The van der Waals surface area contributed by atoms with Crippen molar-refractivity contribution in [3.8, 4) is 0 Å². The summed E-state index contributed by atoms with van der Waals surface area (Å²) in [5, 5.41) is 3.03. The number of amides is 2. The maximum atomic E-state index is 14.3. The zero-order valence-electron chi connectivity index (χ0n) is 17.9. The van der Waals surface area contributed by atoms with E-state index in [4.69, 9.17) is 0 Å². The van der Waals surface area contributed by atoms with Crippen LogP contribution in [0, 0.1) is 11.7 Å². The predicted octanol–water partition coefficient (Wildman–Crippen LogP) is 4.43. The molecule has 164 valence electrons. The number of halogens is 1. The van der Waals surface area contributed by atoms with Gasteiger partial charge in [0.15, 0.2) is 0 Å². The van der Waals surface area contributed by atoms with E-state index in [-0.39, 0.29) is 35.8 Å². The molecule has 4 rings (SSSR count). The third kappa shape index (κ3) is 5.22. The van der Waals surface area contributed by atoms with Crippen LogP contribution in [0.4, 0.5) is 4.39 Å². The van der Waals surface area contributed by atoms with Gasteiger partial charge < -0.3 is 10.2 Å². The third-order valence-corrected chi connectivity index (χ3v) is 6.04. The molecule has 3 aromatic carbocycles. The zero-order chi connectivity index (χ0) is 22.3. The van der Waals surface area contributed by atoms with Gasteiger partial charge in [0.1, 0.15) is 5.82 Å². The molecule has 0 saturated carbocycles. The number of carbonyl (C=O) groups is 2. The van der Waals surface area contributed by atoms with Crippen LogP contribution in [0.3, 0.4) is 0 Å². The first-order valence-corrected chi connectivity index (χ1v) is 11.0. The summed E-state index contributed by atoms with van der Waals surface area (Å²) in [7, 11) is 0. The summed E-state index contributed by atoms with van der Waals surface area (Å²) in [6, 6.07) is 25.9. The van der Waals surface area contributed by atoms with Crippen LogP contribution in [-0.2, 0) is 11.2 Å². The molecule has 1 fully saturated rings. The van der Waals surface area contributed by atoms with Crippen LogP contribution in [-0.4, -0.2) is 36.3 Å². The summed E-state index contributed by atoms with van der Waals surface area (Å²) in [6.45, 7) is 1.29. The molecule has 4 nitrogen and oxygen atoms in total. The molecule has 0 aromatic heterocycles. The van der Waals surface area contributed by atoms with Crippen LogP contribution in [0.5, 0.6) is 0 Å². The number of nitrogens with zero attached hydrogens (tertiary/aromatic N) is 1. The molecular weight excluding hydrogens is 403 g/mol. The number of hydrogen-bond donors (Lipinski definition) is 1. The van der Waals surface area contributed by atoms with E-state index in [0.29, 0.717) is 19.5 Å². The molecule has 1 aliphatic heterocycles. The van der Waals surface area contributed by atoms with Gasteiger partial charge in [0.2, 0.25) is 5.91 Å². The van der Waals surface area contributed by atoms with Gasteiger partial charge in [0.25, 0.3) is 5.91 Å². The molecule has 1 N–H and O–H groups in total. The van der Waals surface area contributed by atoms with Crippen molar-refractivity contribution in [2.45, 2.75) is 18.8 Å². The van der Waals surface area contributed by atoms with E-state index in [1.807, 2.05) is 60.7 Å². The van der Waals surface area contributed by atoms with E-state index >= 15 is 0 Å². The maximum absolute atomic E-state index is 14.3. The van der Waals surface area contributed by atoms with Gasteiger partial charge >= 0.3 is 0 Å². The summed E-state index contributed by atoms with van der Waals surface area (Å²) in [4.78, 5) is 27.8. The van der Waals surface area contributed by atoms with Crippen molar-refractivity contribution in [3.63, 3.8) is 0 Å². The minimum Gasteiger partial charge on any atom is -0.355 e. The van der Waals surface area contributed by atoms with Gasteiger partial charge in [-0.25, -0.2) is 4.39 Å². The highest BCUT2D eigenvalue weighted by atomic mass is 19.1. The number of hydrogen-bond acceptors (Lipinski definition) is 2. The minimum atomic E-state index is -0.539. The molecule has 3 aromatic rings. The maximum Gasteiger partial charge on any atom is 0.256 e. The Morgan fingerprint density at radius 2 is 1.53 bits per heavy atom. The monoisotopic (exact) mass is 430 g/mol. The summed E-state index contributed by atoms with van der Waals surface area (Å²) < 4.78 is 14.3. The van der Waals surface area contributed by atoms with Crippen molar-refractivity contribution in [2.75, 3.05) is 19.6 Å². The number of rotatable bonds is 6. The van der Waals surface area contributed by atoms with Gasteiger partial charge in [-0.15, -0.1) is 0 Å². The Morgan fingerprint density at radius 3 is 2.25 bits per heavy atom. The summed E-state index contributed by atoms with van der Waals surface area (Å²) in [5.74, 6) is -1.30. The molecule has 0 spiro atoms. The van der Waals surface area contributed by atoms with Gasteiger partial charge in [-0.05, 0) is 36.1 Å². The Balaban J connectivity index is 1.48. The van der Waals surface area contributed by atoms with Crippen LogP contribution < -0.4 is 5.32 Å². The average Bonchev–Trinajstić information content (AvgIpc) is 2.85. The molecule has 1 aliphatic rings. The number of nitrogens with one attached hydrogen (secondary N) is 1. The van der Waals surface area contributed by atoms with Crippen molar-refractivity contribution >= 4 is 11.8 Å². The smallest absolute Gasteiger partial charge is 0.256 e. The molecule has 2 unspecified atom stereocenters. The highest BCUT2D eigenvalue weighted by molar-refractivity contribution is 5.95. The third-order valence-electron chi connectivity index (χ3n) is 6.04. The first-order valence-electron chi connectivity index (χ1n) is 11.0. The molecule has 32 heavy (non-hydrogen) atoms. The lowest BCUT2D eigenvalue weighted by molar-refractivity contribution is -0.126. The lowest BCUT2D eigenvalue weighted by atomic mass is 9.83. The van der Waals surface area contributed by atoms with Gasteiger partial charge in [-0.3, -0.25) is 9.59 Å². The molecule has 0 aliphatic carbocycles. The van der Waals surface area contributed by atoms with Crippen molar-refractivity contribution in [1.82, 2.24) is 10.2 Å². The number of carbonyl (C=O) groups excluding carboxylic acids is 2. The van der Waals surface area contributed by atoms with Crippen molar-refractivity contribution in [1.29, 1.82) is 0 Å². The largest absolute Gasteiger partial charge is 0.355 e. The Bertz CT molecular complexity index is 1060. The standard InChI is InChI=1S/C27H27FN2O2/c28-25-14-8-7-13-24(25)27(32)30-18-22(21-11-5-2-6-12-21)17-23(19-30)26(31)29-16-15-20-9-3-1-4-10-20/h1-14,22-23H,15-19H2,(H,29,31). The molecule has 0 bridgehead atoms. The van der Waals surface area contributed by atoms with E-state index in [1.165, 1.54) is 12.1 Å². The van der Waals surface area contributed by atoms with Gasteiger partial charge in [-0.1, -0.05) is 72.8 Å². The van der Waals surface area contributed by atoms with Gasteiger partial charge in [0, 0.05) is 25.6 Å². The minimum absolute atomic E-state index is 0.0190. The van der Waals surface area contributed by atoms with E-state index < -0.39 is 5.82 Å². The van der Waals surface area contributed by atoms with Crippen molar-refractivity contribution in [2.24, 2.45) is 5.92 Å². The fourth-order valence-corrected chi connectivity index (χ4v) is 4.35. The van der Waals surface area contributed by atoms with Crippen molar-refractivity contribution < 1.29 is 14.0 Å². The molecular formula is C27H27FN2O2. The fourth-order valence-electron chi connectivity index (χ4n) is 4.35. The van der Waals surface area contributed by atoms with E-state index in [9.17, 15) is 14.0 Å². The Kier molecular flexibility index (Phi) is 6.95. The van der Waals surface area contributed by atoms with E-state index in [0.717, 1.165) is 17.5 Å². The van der Waals surface area contributed by atoms with Crippen LogP contribution in [0.1, 0.15) is 33.8 Å². The second-order valence-electron chi connectivity index (χ2n) is 8.26.